The van der Waals surface area contributed by atoms with Gasteiger partial charge in [0.2, 0.25) is 0 Å². The van der Waals surface area contributed by atoms with E-state index in [1.807, 2.05) is 0 Å². The molecule has 0 heterocycles. The highest BCUT2D eigenvalue weighted by molar-refractivity contribution is 6.74. The zero-order valence-electron chi connectivity index (χ0n) is 21.3. The van der Waals surface area contributed by atoms with Crippen LogP contribution in [0.5, 0.6) is 0 Å². The molecule has 4 aliphatic carbocycles. The van der Waals surface area contributed by atoms with E-state index in [2.05, 4.69) is 79.8 Å². The lowest BCUT2D eigenvalue weighted by Gasteiger charge is -2.57. The van der Waals surface area contributed by atoms with Gasteiger partial charge < -0.3 is 4.43 Å². The van der Waals surface area contributed by atoms with Crippen molar-refractivity contribution in [2.45, 2.75) is 111 Å². The third kappa shape index (κ3) is 3.43. The quantitative estimate of drug-likeness (QED) is 0.324. The van der Waals surface area contributed by atoms with Crippen molar-refractivity contribution in [1.82, 2.24) is 0 Å². The molecule has 0 N–H and O–H groups in total. The summed E-state index contributed by atoms with van der Waals surface area (Å²) in [5.41, 5.74) is 2.55. The van der Waals surface area contributed by atoms with Crippen molar-refractivity contribution in [1.29, 1.82) is 0 Å². The first-order valence-electron chi connectivity index (χ1n) is 12.9. The molecule has 170 valence electrons. The Morgan fingerprint density at radius 3 is 2.40 bits per heavy atom. The van der Waals surface area contributed by atoms with Gasteiger partial charge in [0.1, 0.15) is 0 Å². The van der Waals surface area contributed by atoms with E-state index in [-0.39, 0.29) is 16.6 Å². The maximum Gasteiger partial charge on any atom is 0.192 e. The lowest BCUT2D eigenvalue weighted by atomic mass is 9.48. The molecule has 4 aliphatic rings. The van der Waals surface area contributed by atoms with E-state index in [1.165, 1.54) is 32.1 Å². The summed E-state index contributed by atoms with van der Waals surface area (Å²) < 4.78 is 6.81. The van der Waals surface area contributed by atoms with Crippen molar-refractivity contribution in [3.8, 4) is 0 Å². The molecule has 2 saturated carbocycles. The molecule has 0 bridgehead atoms. The van der Waals surface area contributed by atoms with E-state index in [1.54, 1.807) is 5.57 Å². The molecule has 0 amide bonds. The van der Waals surface area contributed by atoms with Crippen LogP contribution in [0.2, 0.25) is 18.1 Å². The zero-order valence-corrected chi connectivity index (χ0v) is 22.3. The minimum Gasteiger partial charge on any atom is -0.410 e. The summed E-state index contributed by atoms with van der Waals surface area (Å²) >= 11 is 0. The first kappa shape index (κ1) is 22.8. The van der Waals surface area contributed by atoms with Gasteiger partial charge in [-0.2, -0.15) is 0 Å². The second-order valence-corrected chi connectivity index (χ2v) is 18.3. The number of hydrogen-bond donors (Lipinski definition) is 0. The van der Waals surface area contributed by atoms with E-state index in [9.17, 15) is 0 Å². The Morgan fingerprint density at radius 2 is 1.77 bits per heavy atom. The van der Waals surface area contributed by atoms with Crippen LogP contribution in [-0.4, -0.2) is 14.4 Å². The van der Waals surface area contributed by atoms with Gasteiger partial charge in [-0.3, -0.25) is 0 Å². The normalized spacial score (nSPS) is 43.8. The van der Waals surface area contributed by atoms with Gasteiger partial charge >= 0.3 is 0 Å². The highest BCUT2D eigenvalue weighted by Crippen LogP contribution is 2.66. The summed E-state index contributed by atoms with van der Waals surface area (Å²) in [4.78, 5) is 0. The van der Waals surface area contributed by atoms with Crippen LogP contribution in [0.3, 0.4) is 0 Å². The molecule has 30 heavy (non-hydrogen) atoms. The van der Waals surface area contributed by atoms with Crippen LogP contribution in [-0.2, 0) is 4.43 Å². The molecule has 0 spiro atoms. The smallest absolute Gasteiger partial charge is 0.192 e. The molecule has 0 radical (unpaired) electrons. The van der Waals surface area contributed by atoms with Gasteiger partial charge in [-0.05, 0) is 91.7 Å². The van der Waals surface area contributed by atoms with Crippen LogP contribution >= 0.6 is 0 Å². The van der Waals surface area contributed by atoms with Gasteiger partial charge in [0.05, 0.1) is 6.10 Å². The maximum atomic E-state index is 6.81. The monoisotopic (exact) mass is 428 g/mol. The molecule has 0 aromatic rings. The average Bonchev–Trinajstić information content (AvgIpc) is 2.98. The summed E-state index contributed by atoms with van der Waals surface area (Å²) in [7, 11) is -1.73. The fourth-order valence-electron chi connectivity index (χ4n) is 7.99. The van der Waals surface area contributed by atoms with Crippen LogP contribution in [0.25, 0.3) is 0 Å². The SMILES string of the molecule is CC(C)[C@H]1CC[C@H]2[C@@H]3CC=C4C[C@@H](O[Si](C)(C)C(C)(C)C)C=C[C@]4(C)[C@H]3CC[C@]12C. The number of allylic oxidation sites excluding steroid dienone is 2. The fourth-order valence-corrected chi connectivity index (χ4v) is 9.27. The molecule has 0 aromatic heterocycles. The maximum absolute atomic E-state index is 6.81. The lowest BCUT2D eigenvalue weighted by molar-refractivity contribution is -0.0329. The Morgan fingerprint density at radius 1 is 1.07 bits per heavy atom. The Labute approximate surface area is 188 Å². The first-order chi connectivity index (χ1) is 13.8. The van der Waals surface area contributed by atoms with E-state index in [0.29, 0.717) is 5.41 Å². The fraction of sp³-hybridized carbons (Fsp3) is 0.857. The molecule has 4 rings (SSSR count). The van der Waals surface area contributed by atoms with Gasteiger partial charge in [-0.1, -0.05) is 72.3 Å². The van der Waals surface area contributed by atoms with Crippen molar-refractivity contribution in [3.63, 3.8) is 0 Å². The second-order valence-electron chi connectivity index (χ2n) is 13.6. The molecule has 2 heteroatoms. The van der Waals surface area contributed by atoms with Crippen molar-refractivity contribution in [2.24, 2.45) is 40.4 Å². The summed E-state index contributed by atoms with van der Waals surface area (Å²) in [6, 6.07) is 0. The van der Waals surface area contributed by atoms with Crippen molar-refractivity contribution < 1.29 is 4.43 Å². The van der Waals surface area contributed by atoms with E-state index >= 15 is 0 Å². The molecule has 1 nitrogen and oxygen atoms in total. The summed E-state index contributed by atoms with van der Waals surface area (Å²) in [5, 5.41) is 0.275. The van der Waals surface area contributed by atoms with Crippen LogP contribution < -0.4 is 0 Å². The topological polar surface area (TPSA) is 9.23 Å². The molecule has 0 aliphatic heterocycles. The molecule has 0 unspecified atom stereocenters. The minimum absolute atomic E-state index is 0.271. The number of rotatable bonds is 3. The largest absolute Gasteiger partial charge is 0.410 e. The highest BCUT2D eigenvalue weighted by Gasteiger charge is 2.58. The third-order valence-corrected chi connectivity index (χ3v) is 15.2. The molecular formula is C28H48OSi. The number of fused-ring (bicyclic) bond motifs is 5. The molecule has 0 aromatic carbocycles. The van der Waals surface area contributed by atoms with Gasteiger partial charge in [-0.25, -0.2) is 0 Å². The minimum atomic E-state index is -1.73. The zero-order chi connectivity index (χ0) is 22.1. The van der Waals surface area contributed by atoms with Gasteiger partial charge in [0.15, 0.2) is 8.32 Å². The molecule has 7 atom stereocenters. The second kappa shape index (κ2) is 7.34. The van der Waals surface area contributed by atoms with Crippen molar-refractivity contribution in [3.05, 3.63) is 23.8 Å². The Hall–Kier alpha value is -0.343. The summed E-state index contributed by atoms with van der Waals surface area (Å²) in [5.74, 6) is 4.44. The Kier molecular flexibility index (Phi) is 5.59. The van der Waals surface area contributed by atoms with Crippen molar-refractivity contribution in [2.75, 3.05) is 0 Å². The van der Waals surface area contributed by atoms with Crippen LogP contribution in [0.1, 0.15) is 87.0 Å². The van der Waals surface area contributed by atoms with Crippen LogP contribution in [0, 0.1) is 40.4 Å². The van der Waals surface area contributed by atoms with E-state index < -0.39 is 8.32 Å². The number of hydrogen-bond acceptors (Lipinski definition) is 1. The third-order valence-electron chi connectivity index (χ3n) is 10.7. The predicted octanol–water partition coefficient (Wildman–Crippen LogP) is 8.39. The van der Waals surface area contributed by atoms with E-state index in [0.717, 1.165) is 36.0 Å². The molecule has 2 fully saturated rings. The van der Waals surface area contributed by atoms with Crippen LogP contribution in [0.15, 0.2) is 23.8 Å². The summed E-state index contributed by atoms with van der Waals surface area (Å²) in [6.07, 6.45) is 16.3. The standard InChI is InChI=1S/C28H48OSi/c1-19(2)23-12-13-24-22-11-10-20-18-21(29-30(8,9)26(3,4)5)14-16-27(20,6)25(22)15-17-28(23,24)7/h10,14,16,19,21-25H,11-13,15,17-18H2,1-9H3/t21-,22-,23+,24-,25-,27-,28+/m0/s1. The summed E-state index contributed by atoms with van der Waals surface area (Å²) in [6.45, 7) is 22.0. The Bertz CT molecular complexity index is 725. The van der Waals surface area contributed by atoms with Gasteiger partial charge in [0, 0.05) is 5.41 Å². The van der Waals surface area contributed by atoms with Crippen LogP contribution in [0.4, 0.5) is 0 Å². The highest BCUT2D eigenvalue weighted by atomic mass is 28.4. The molecular weight excluding hydrogens is 380 g/mol. The van der Waals surface area contributed by atoms with Crippen molar-refractivity contribution >= 4 is 8.32 Å². The lowest BCUT2D eigenvalue weighted by Crippen LogP contribution is -2.50. The van der Waals surface area contributed by atoms with Gasteiger partial charge in [0.25, 0.3) is 0 Å². The van der Waals surface area contributed by atoms with Gasteiger partial charge in [-0.15, -0.1) is 0 Å². The first-order valence-corrected chi connectivity index (χ1v) is 15.8. The molecule has 0 saturated heterocycles. The average molecular weight is 429 g/mol. The predicted molar refractivity (Wildman–Crippen MR) is 132 cm³/mol. The van der Waals surface area contributed by atoms with E-state index in [4.69, 9.17) is 4.43 Å². The Balaban J connectivity index is 1.55.